The second-order valence-electron chi connectivity index (χ2n) is 7.29. The van der Waals surface area contributed by atoms with Crippen LogP contribution in [0.15, 0.2) is 47.4 Å². The monoisotopic (exact) mass is 475 g/mol. The molecule has 1 aliphatic rings. The number of nitrogens with one attached hydrogen (secondary N) is 2. The van der Waals surface area contributed by atoms with Crippen molar-refractivity contribution in [1.29, 1.82) is 0 Å². The summed E-state index contributed by atoms with van der Waals surface area (Å²) in [7, 11) is -2.29. The number of halogens is 4. The van der Waals surface area contributed by atoms with Crippen molar-refractivity contribution in [2.24, 2.45) is 0 Å². The van der Waals surface area contributed by atoms with E-state index in [1.807, 2.05) is 7.05 Å². The molecule has 2 N–H and O–H groups in total. The van der Waals surface area contributed by atoms with Crippen LogP contribution in [0.4, 0.5) is 18.9 Å². The molecule has 0 saturated heterocycles. The Balaban J connectivity index is 1.74. The summed E-state index contributed by atoms with van der Waals surface area (Å²) >= 11 is 6.06. The van der Waals surface area contributed by atoms with E-state index >= 15 is 0 Å². The molecule has 0 unspecified atom stereocenters. The fourth-order valence-corrected chi connectivity index (χ4v) is 4.24. The van der Waals surface area contributed by atoms with Crippen LogP contribution in [-0.4, -0.2) is 45.4 Å². The molecule has 0 aromatic heterocycles. The van der Waals surface area contributed by atoms with Crippen LogP contribution in [0, 0.1) is 0 Å². The minimum atomic E-state index is -4.61. The maximum Gasteiger partial charge on any atom is 0.416 e. The van der Waals surface area contributed by atoms with Gasteiger partial charge in [-0.25, -0.2) is 8.42 Å². The second kappa shape index (κ2) is 9.05. The Hall–Kier alpha value is -2.30. The van der Waals surface area contributed by atoms with Crippen molar-refractivity contribution in [3.05, 3.63) is 58.6 Å². The number of amides is 1. The maximum absolute atomic E-state index is 12.9. The summed E-state index contributed by atoms with van der Waals surface area (Å²) in [6, 6.07) is 7.89. The van der Waals surface area contributed by atoms with Crippen molar-refractivity contribution >= 4 is 33.2 Å². The van der Waals surface area contributed by atoms with Gasteiger partial charge in [0.1, 0.15) is 0 Å². The molecule has 0 atom stereocenters. The number of nitrogens with zero attached hydrogens (tertiary/aromatic N) is 1. The van der Waals surface area contributed by atoms with Gasteiger partial charge in [0.05, 0.1) is 21.0 Å². The van der Waals surface area contributed by atoms with Crippen LogP contribution >= 0.6 is 11.6 Å². The van der Waals surface area contributed by atoms with Crippen molar-refractivity contribution in [3.63, 3.8) is 0 Å². The van der Waals surface area contributed by atoms with Gasteiger partial charge in [-0.3, -0.25) is 9.52 Å². The highest BCUT2D eigenvalue weighted by Crippen LogP contribution is 2.31. The first-order valence-electron chi connectivity index (χ1n) is 9.45. The maximum atomic E-state index is 12.9. The van der Waals surface area contributed by atoms with Crippen LogP contribution in [0.3, 0.4) is 0 Å². The van der Waals surface area contributed by atoms with Gasteiger partial charge in [-0.2, -0.15) is 13.2 Å². The Morgan fingerprint density at radius 1 is 1.19 bits per heavy atom. The molecule has 3 rings (SSSR count). The third kappa shape index (κ3) is 6.11. The molecule has 0 heterocycles. The number of alkyl halides is 3. The van der Waals surface area contributed by atoms with E-state index in [0.717, 1.165) is 31.0 Å². The van der Waals surface area contributed by atoms with E-state index in [1.54, 1.807) is 0 Å². The van der Waals surface area contributed by atoms with Gasteiger partial charge in [0.2, 0.25) is 0 Å². The zero-order valence-corrected chi connectivity index (χ0v) is 18.1. The average molecular weight is 476 g/mol. The smallest absolute Gasteiger partial charge is 0.351 e. The van der Waals surface area contributed by atoms with Crippen molar-refractivity contribution in [2.45, 2.75) is 30.0 Å². The first-order valence-corrected chi connectivity index (χ1v) is 11.3. The molecule has 1 aliphatic carbocycles. The molecule has 6 nitrogen and oxygen atoms in total. The normalized spacial score (nSPS) is 14.5. The molecule has 2 aromatic rings. The summed E-state index contributed by atoms with van der Waals surface area (Å²) < 4.78 is 66.0. The summed E-state index contributed by atoms with van der Waals surface area (Å²) in [6.45, 7) is 1.00. The number of hydrogen-bond acceptors (Lipinski definition) is 4. The number of sulfonamides is 1. The Morgan fingerprint density at radius 2 is 1.90 bits per heavy atom. The summed E-state index contributed by atoms with van der Waals surface area (Å²) in [5, 5.41) is 2.76. The van der Waals surface area contributed by atoms with Gasteiger partial charge in [-0.15, -0.1) is 0 Å². The van der Waals surface area contributed by atoms with E-state index in [4.69, 9.17) is 11.6 Å². The van der Waals surface area contributed by atoms with E-state index in [2.05, 4.69) is 14.9 Å². The summed E-state index contributed by atoms with van der Waals surface area (Å²) in [5.74, 6) is -0.537. The number of carbonyl (C=O) groups is 1. The lowest BCUT2D eigenvalue weighted by Crippen LogP contribution is -2.34. The quantitative estimate of drug-likeness (QED) is 0.605. The third-order valence-electron chi connectivity index (χ3n) is 4.86. The molecule has 1 amide bonds. The standard InChI is InChI=1S/C20H21ClF3N3O3S/c1-27(15-5-6-15)10-9-25-19(28)17-12-16(7-8-18(17)21)31(29,30)26-14-4-2-3-13(11-14)20(22,23)24/h2-4,7-8,11-12,15,26H,5-6,9-10H2,1H3,(H,25,28). The van der Waals surface area contributed by atoms with Gasteiger partial charge in [0, 0.05) is 24.8 Å². The van der Waals surface area contributed by atoms with Gasteiger partial charge in [0.15, 0.2) is 0 Å². The van der Waals surface area contributed by atoms with E-state index in [1.165, 1.54) is 18.2 Å². The lowest BCUT2D eigenvalue weighted by Gasteiger charge is -2.16. The zero-order valence-electron chi connectivity index (χ0n) is 16.5. The first-order chi connectivity index (χ1) is 14.5. The summed E-state index contributed by atoms with van der Waals surface area (Å²) in [6.07, 6.45) is -2.34. The molecule has 11 heteroatoms. The molecule has 168 valence electrons. The van der Waals surface area contributed by atoms with Gasteiger partial charge in [-0.1, -0.05) is 17.7 Å². The first kappa shape index (κ1) is 23.4. The molecule has 1 fully saturated rings. The van der Waals surface area contributed by atoms with Crippen LogP contribution in [0.25, 0.3) is 0 Å². The number of hydrogen-bond donors (Lipinski definition) is 2. The van der Waals surface area contributed by atoms with Crippen LogP contribution < -0.4 is 10.0 Å². The molecule has 0 radical (unpaired) electrons. The Bertz CT molecular complexity index is 1070. The van der Waals surface area contributed by atoms with Crippen molar-refractivity contribution < 1.29 is 26.4 Å². The fraction of sp³-hybridized carbons (Fsp3) is 0.350. The molecular weight excluding hydrogens is 455 g/mol. The van der Waals surface area contributed by atoms with E-state index in [9.17, 15) is 26.4 Å². The Morgan fingerprint density at radius 3 is 2.55 bits per heavy atom. The fourth-order valence-electron chi connectivity index (χ4n) is 2.96. The van der Waals surface area contributed by atoms with Gasteiger partial charge < -0.3 is 10.2 Å². The lowest BCUT2D eigenvalue weighted by molar-refractivity contribution is -0.137. The number of benzene rings is 2. The number of rotatable bonds is 8. The van der Waals surface area contributed by atoms with Gasteiger partial charge in [-0.05, 0) is 56.3 Å². The van der Waals surface area contributed by atoms with Gasteiger partial charge >= 0.3 is 6.18 Å². The van der Waals surface area contributed by atoms with Crippen molar-refractivity contribution in [1.82, 2.24) is 10.2 Å². The summed E-state index contributed by atoms with van der Waals surface area (Å²) in [4.78, 5) is 14.3. The average Bonchev–Trinajstić information content (AvgIpc) is 3.52. The zero-order chi connectivity index (χ0) is 22.8. The molecule has 2 aromatic carbocycles. The van der Waals surface area contributed by atoms with E-state index < -0.39 is 27.7 Å². The van der Waals surface area contributed by atoms with E-state index in [0.29, 0.717) is 25.2 Å². The number of anilines is 1. The minimum Gasteiger partial charge on any atom is -0.351 e. The lowest BCUT2D eigenvalue weighted by atomic mass is 10.2. The third-order valence-corrected chi connectivity index (χ3v) is 6.56. The minimum absolute atomic E-state index is 0.0392. The molecule has 31 heavy (non-hydrogen) atoms. The number of carbonyl (C=O) groups excluding carboxylic acids is 1. The van der Waals surface area contributed by atoms with Crippen LogP contribution in [0.5, 0.6) is 0 Å². The van der Waals surface area contributed by atoms with Crippen LogP contribution in [0.1, 0.15) is 28.8 Å². The largest absolute Gasteiger partial charge is 0.416 e. The van der Waals surface area contributed by atoms with Crippen molar-refractivity contribution in [2.75, 3.05) is 24.9 Å². The highest BCUT2D eigenvalue weighted by atomic mass is 35.5. The van der Waals surface area contributed by atoms with Crippen molar-refractivity contribution in [3.8, 4) is 0 Å². The molecule has 0 bridgehead atoms. The van der Waals surface area contributed by atoms with E-state index in [-0.39, 0.29) is 21.2 Å². The highest BCUT2D eigenvalue weighted by molar-refractivity contribution is 7.92. The Labute approximate surface area is 183 Å². The SMILES string of the molecule is CN(CCNC(=O)c1cc(S(=O)(=O)Nc2cccc(C(F)(F)F)c2)ccc1Cl)C1CC1. The van der Waals surface area contributed by atoms with Crippen LogP contribution in [-0.2, 0) is 16.2 Å². The van der Waals surface area contributed by atoms with Crippen LogP contribution in [0.2, 0.25) is 5.02 Å². The Kier molecular flexibility index (Phi) is 6.82. The molecule has 0 aliphatic heterocycles. The molecular formula is C20H21ClF3N3O3S. The topological polar surface area (TPSA) is 78.5 Å². The second-order valence-corrected chi connectivity index (χ2v) is 9.38. The molecule has 0 spiro atoms. The predicted octanol–water partition coefficient (Wildman–Crippen LogP) is 3.98. The highest BCUT2D eigenvalue weighted by Gasteiger charge is 2.31. The predicted molar refractivity (Wildman–Crippen MR) is 112 cm³/mol. The summed E-state index contributed by atoms with van der Waals surface area (Å²) in [5.41, 5.74) is -1.28. The van der Waals surface area contributed by atoms with Gasteiger partial charge in [0.25, 0.3) is 15.9 Å². The molecule has 1 saturated carbocycles. The number of likely N-dealkylation sites (N-methyl/N-ethyl adjacent to an activating group) is 1.